The summed E-state index contributed by atoms with van der Waals surface area (Å²) in [6.45, 7) is 0. The van der Waals surface area contributed by atoms with Crippen LogP contribution in [0, 0.1) is 0 Å². The lowest BCUT2D eigenvalue weighted by atomic mass is 10.0. The molecule has 6 nitrogen and oxygen atoms in total. The fourth-order valence-corrected chi connectivity index (χ4v) is 3.77. The maximum Gasteiger partial charge on any atom is 0.166 e. The molecule has 2 aromatic rings. The van der Waals surface area contributed by atoms with E-state index in [1.807, 2.05) is 0 Å². The van der Waals surface area contributed by atoms with Crippen molar-refractivity contribution < 1.29 is 30.0 Å². The zero-order valence-corrected chi connectivity index (χ0v) is 18.6. The van der Waals surface area contributed by atoms with Crippen molar-refractivity contribution in [1.29, 1.82) is 0 Å². The highest BCUT2D eigenvalue weighted by Crippen LogP contribution is 2.25. The van der Waals surface area contributed by atoms with Crippen molar-refractivity contribution in [3.05, 3.63) is 47.5 Å². The van der Waals surface area contributed by atoms with E-state index in [1.165, 1.54) is 36.4 Å². The first-order valence-electron chi connectivity index (χ1n) is 11.5. The number of hydrogen-bond donors (Lipinski definition) is 4. The van der Waals surface area contributed by atoms with Gasteiger partial charge in [-0.15, -0.1) is 0 Å². The number of unbranched alkanes of at least 4 members (excludes halogenated alkanes) is 9. The van der Waals surface area contributed by atoms with Crippen molar-refractivity contribution >= 4 is 11.6 Å². The number of carbonyl (C=O) groups is 2. The summed E-state index contributed by atoms with van der Waals surface area (Å²) in [5.74, 6) is -0.636. The van der Waals surface area contributed by atoms with E-state index in [0.29, 0.717) is 12.8 Å². The topological polar surface area (TPSA) is 115 Å². The second-order valence-electron chi connectivity index (χ2n) is 8.28. The molecule has 0 saturated carbocycles. The van der Waals surface area contributed by atoms with E-state index in [2.05, 4.69) is 0 Å². The first-order valence-corrected chi connectivity index (χ1v) is 11.5. The molecule has 2 aromatic carbocycles. The highest BCUT2D eigenvalue weighted by molar-refractivity contribution is 5.99. The van der Waals surface area contributed by atoms with Gasteiger partial charge in [0.05, 0.1) is 11.1 Å². The Kier molecular flexibility index (Phi) is 10.6. The molecule has 0 atom stereocenters. The van der Waals surface area contributed by atoms with Gasteiger partial charge < -0.3 is 20.4 Å². The van der Waals surface area contributed by atoms with Crippen LogP contribution in [0.4, 0.5) is 0 Å². The van der Waals surface area contributed by atoms with Gasteiger partial charge in [-0.1, -0.05) is 51.4 Å². The molecule has 174 valence electrons. The fraction of sp³-hybridized carbons (Fsp3) is 0.462. The van der Waals surface area contributed by atoms with Crippen LogP contribution >= 0.6 is 0 Å². The molecule has 0 fully saturated rings. The Morgan fingerprint density at radius 1 is 0.500 bits per heavy atom. The summed E-state index contributed by atoms with van der Waals surface area (Å²) in [5.41, 5.74) is 0.536. The van der Waals surface area contributed by atoms with E-state index in [0.717, 1.165) is 64.2 Å². The minimum absolute atomic E-state index is 0.0538. The summed E-state index contributed by atoms with van der Waals surface area (Å²) in [6.07, 6.45) is 11.1. The van der Waals surface area contributed by atoms with Crippen LogP contribution in [0.3, 0.4) is 0 Å². The zero-order valence-electron chi connectivity index (χ0n) is 18.6. The largest absolute Gasteiger partial charge is 0.508 e. The van der Waals surface area contributed by atoms with E-state index >= 15 is 0 Å². The highest BCUT2D eigenvalue weighted by Gasteiger charge is 2.12. The van der Waals surface area contributed by atoms with E-state index < -0.39 is 0 Å². The molecule has 0 aliphatic heterocycles. The van der Waals surface area contributed by atoms with Crippen molar-refractivity contribution in [3.8, 4) is 23.0 Å². The van der Waals surface area contributed by atoms with Crippen molar-refractivity contribution in [3.63, 3.8) is 0 Å². The molecule has 0 aliphatic rings. The van der Waals surface area contributed by atoms with Gasteiger partial charge in [0, 0.05) is 25.0 Å². The molecule has 0 radical (unpaired) electrons. The van der Waals surface area contributed by atoms with Crippen molar-refractivity contribution in [1.82, 2.24) is 0 Å². The lowest BCUT2D eigenvalue weighted by Gasteiger charge is -2.05. The van der Waals surface area contributed by atoms with E-state index in [4.69, 9.17) is 0 Å². The molecule has 0 unspecified atom stereocenters. The molecular weight excluding hydrogens is 408 g/mol. The van der Waals surface area contributed by atoms with Gasteiger partial charge in [-0.25, -0.2) is 0 Å². The van der Waals surface area contributed by atoms with Gasteiger partial charge in [-0.2, -0.15) is 0 Å². The molecule has 6 heteroatoms. The van der Waals surface area contributed by atoms with Crippen LogP contribution in [0.15, 0.2) is 36.4 Å². The molecule has 0 amide bonds. The minimum Gasteiger partial charge on any atom is -0.508 e. The molecule has 4 N–H and O–H groups in total. The third-order valence-corrected chi connectivity index (χ3v) is 5.62. The number of benzene rings is 2. The molecular formula is C26H34O6. The number of ketones is 2. The third kappa shape index (κ3) is 8.61. The predicted molar refractivity (Wildman–Crippen MR) is 124 cm³/mol. The van der Waals surface area contributed by atoms with Gasteiger partial charge in [0.2, 0.25) is 0 Å². The van der Waals surface area contributed by atoms with E-state index in [9.17, 15) is 30.0 Å². The van der Waals surface area contributed by atoms with Crippen molar-refractivity contribution in [2.24, 2.45) is 0 Å². The molecule has 0 aromatic heterocycles. The Hall–Kier alpha value is -3.02. The fourth-order valence-electron chi connectivity index (χ4n) is 3.77. The molecule has 0 spiro atoms. The summed E-state index contributed by atoms with van der Waals surface area (Å²) >= 11 is 0. The third-order valence-electron chi connectivity index (χ3n) is 5.62. The normalized spacial score (nSPS) is 10.9. The summed E-state index contributed by atoms with van der Waals surface area (Å²) in [5, 5.41) is 38.0. The SMILES string of the molecule is O=C(CCCCCCCCCCCCC(=O)c1ccc(O)cc1O)c1ccc(O)cc1O. The maximum atomic E-state index is 12.1. The average Bonchev–Trinajstić information content (AvgIpc) is 2.74. The summed E-state index contributed by atoms with van der Waals surface area (Å²) in [7, 11) is 0. The average molecular weight is 443 g/mol. The predicted octanol–water partition coefficient (Wildman–Crippen LogP) is 6.26. The smallest absolute Gasteiger partial charge is 0.166 e. The van der Waals surface area contributed by atoms with E-state index in [-0.39, 0.29) is 45.7 Å². The Morgan fingerprint density at radius 3 is 1.12 bits per heavy atom. The number of phenols is 4. The first kappa shape index (κ1) is 25.2. The van der Waals surface area contributed by atoms with Crippen LogP contribution in [-0.4, -0.2) is 32.0 Å². The van der Waals surface area contributed by atoms with Gasteiger partial charge in [0.1, 0.15) is 23.0 Å². The summed E-state index contributed by atoms with van der Waals surface area (Å²) < 4.78 is 0. The zero-order chi connectivity index (χ0) is 23.3. The molecule has 0 bridgehead atoms. The quantitative estimate of drug-likeness (QED) is 0.191. The molecule has 0 saturated heterocycles. The lowest BCUT2D eigenvalue weighted by molar-refractivity contribution is 0.0968. The Morgan fingerprint density at radius 2 is 0.812 bits per heavy atom. The Balaban J connectivity index is 1.44. The second kappa shape index (κ2) is 13.4. The highest BCUT2D eigenvalue weighted by atomic mass is 16.3. The van der Waals surface area contributed by atoms with Gasteiger partial charge in [-0.3, -0.25) is 9.59 Å². The monoisotopic (exact) mass is 442 g/mol. The van der Waals surface area contributed by atoms with Crippen LogP contribution < -0.4 is 0 Å². The van der Waals surface area contributed by atoms with Gasteiger partial charge in [0.25, 0.3) is 0 Å². The molecule has 0 aliphatic carbocycles. The van der Waals surface area contributed by atoms with Crippen molar-refractivity contribution in [2.75, 3.05) is 0 Å². The Labute approximate surface area is 189 Å². The number of aromatic hydroxyl groups is 4. The minimum atomic E-state index is -0.169. The first-order chi connectivity index (χ1) is 15.4. The van der Waals surface area contributed by atoms with Gasteiger partial charge in [-0.05, 0) is 37.1 Å². The van der Waals surface area contributed by atoms with Crippen LogP contribution in [0.2, 0.25) is 0 Å². The summed E-state index contributed by atoms with van der Waals surface area (Å²) in [6, 6.07) is 8.11. The standard InChI is InChI=1S/C26H34O6/c27-19-13-15-21(25(31)17-19)23(29)11-9-7-5-3-1-2-4-6-8-10-12-24(30)22-16-14-20(28)18-26(22)32/h13-18,27-28,31-32H,1-12H2. The number of hydrogen-bond acceptors (Lipinski definition) is 6. The number of carbonyl (C=O) groups excluding carboxylic acids is 2. The van der Waals surface area contributed by atoms with Gasteiger partial charge in [0.15, 0.2) is 11.6 Å². The van der Waals surface area contributed by atoms with Gasteiger partial charge >= 0.3 is 0 Å². The molecule has 0 heterocycles. The second-order valence-corrected chi connectivity index (χ2v) is 8.28. The number of phenolic OH excluding ortho intramolecular Hbond substituents is 4. The molecule has 2 rings (SSSR count). The van der Waals surface area contributed by atoms with E-state index in [1.54, 1.807) is 0 Å². The van der Waals surface area contributed by atoms with Crippen LogP contribution in [0.5, 0.6) is 23.0 Å². The lowest BCUT2D eigenvalue weighted by Crippen LogP contribution is -1.99. The molecule has 32 heavy (non-hydrogen) atoms. The van der Waals surface area contributed by atoms with Crippen LogP contribution in [0.25, 0.3) is 0 Å². The number of Topliss-reactive ketones (excluding diaryl/α,β-unsaturated/α-hetero) is 2. The number of rotatable bonds is 15. The van der Waals surface area contributed by atoms with Crippen LogP contribution in [0.1, 0.15) is 97.8 Å². The maximum absolute atomic E-state index is 12.1. The van der Waals surface area contributed by atoms with Crippen molar-refractivity contribution in [2.45, 2.75) is 77.0 Å². The summed E-state index contributed by atoms with van der Waals surface area (Å²) in [4.78, 5) is 24.2. The van der Waals surface area contributed by atoms with Crippen LogP contribution in [-0.2, 0) is 0 Å². The Bertz CT molecular complexity index is 816.